The maximum absolute atomic E-state index is 11.3. The Labute approximate surface area is 80.4 Å². The van der Waals surface area contributed by atoms with Crippen molar-refractivity contribution >= 4 is 10.0 Å². The van der Waals surface area contributed by atoms with E-state index in [1.807, 2.05) is 13.8 Å². The van der Waals surface area contributed by atoms with E-state index in [2.05, 4.69) is 4.72 Å². The molecular weight excluding hydrogens is 190 g/mol. The maximum Gasteiger partial charge on any atom is 0.212 e. The quantitative estimate of drug-likeness (QED) is 0.662. The first-order chi connectivity index (χ1) is 5.91. The Kier molecular flexibility index (Phi) is 5.51. The standard InChI is InChI=1S/C8H19NO3S/c1-4-7(2)6-13(11,12)9-8(3)5-10/h7-10H,4-6H2,1-3H3/t7?,8-/m1/s1. The van der Waals surface area contributed by atoms with Crippen LogP contribution in [0, 0.1) is 5.92 Å². The van der Waals surface area contributed by atoms with Crippen LogP contribution in [-0.4, -0.2) is 31.9 Å². The zero-order chi connectivity index (χ0) is 10.5. The van der Waals surface area contributed by atoms with Crippen LogP contribution in [0.3, 0.4) is 0 Å². The van der Waals surface area contributed by atoms with Gasteiger partial charge < -0.3 is 5.11 Å². The van der Waals surface area contributed by atoms with Gasteiger partial charge in [-0.25, -0.2) is 13.1 Å². The van der Waals surface area contributed by atoms with Crippen molar-refractivity contribution in [2.75, 3.05) is 12.4 Å². The van der Waals surface area contributed by atoms with Crippen LogP contribution in [0.2, 0.25) is 0 Å². The lowest BCUT2D eigenvalue weighted by molar-refractivity contribution is 0.265. The van der Waals surface area contributed by atoms with E-state index >= 15 is 0 Å². The van der Waals surface area contributed by atoms with Crippen molar-refractivity contribution in [2.45, 2.75) is 33.2 Å². The van der Waals surface area contributed by atoms with Crippen LogP contribution in [0.5, 0.6) is 0 Å². The normalized spacial score (nSPS) is 16.9. The molecule has 1 unspecified atom stereocenters. The molecule has 0 aromatic carbocycles. The summed E-state index contributed by atoms with van der Waals surface area (Å²) in [4.78, 5) is 0. The Hall–Kier alpha value is -0.130. The highest BCUT2D eigenvalue weighted by Gasteiger charge is 2.16. The van der Waals surface area contributed by atoms with Crippen molar-refractivity contribution in [1.29, 1.82) is 0 Å². The smallest absolute Gasteiger partial charge is 0.212 e. The van der Waals surface area contributed by atoms with E-state index in [0.29, 0.717) is 0 Å². The number of aliphatic hydroxyl groups is 1. The summed E-state index contributed by atoms with van der Waals surface area (Å²) in [5, 5.41) is 8.66. The fourth-order valence-corrected chi connectivity index (χ4v) is 2.65. The summed E-state index contributed by atoms with van der Waals surface area (Å²) >= 11 is 0. The molecule has 0 saturated carbocycles. The Bertz CT molecular complexity index is 208. The van der Waals surface area contributed by atoms with Gasteiger partial charge in [0.1, 0.15) is 0 Å². The summed E-state index contributed by atoms with van der Waals surface area (Å²) in [7, 11) is -3.21. The lowest BCUT2D eigenvalue weighted by Crippen LogP contribution is -2.37. The lowest BCUT2D eigenvalue weighted by Gasteiger charge is -2.13. The van der Waals surface area contributed by atoms with Crippen LogP contribution in [-0.2, 0) is 10.0 Å². The van der Waals surface area contributed by atoms with Gasteiger partial charge in [0.15, 0.2) is 0 Å². The third kappa shape index (κ3) is 6.01. The third-order valence-corrected chi connectivity index (χ3v) is 3.62. The number of aliphatic hydroxyl groups excluding tert-OH is 1. The summed E-state index contributed by atoms with van der Waals surface area (Å²) in [5.41, 5.74) is 0. The monoisotopic (exact) mass is 209 g/mol. The van der Waals surface area contributed by atoms with E-state index in [4.69, 9.17) is 5.11 Å². The minimum absolute atomic E-state index is 0.133. The van der Waals surface area contributed by atoms with Crippen molar-refractivity contribution in [3.8, 4) is 0 Å². The number of hydrogen-bond acceptors (Lipinski definition) is 3. The molecule has 13 heavy (non-hydrogen) atoms. The van der Waals surface area contributed by atoms with Gasteiger partial charge >= 0.3 is 0 Å². The van der Waals surface area contributed by atoms with Crippen molar-refractivity contribution < 1.29 is 13.5 Å². The van der Waals surface area contributed by atoms with Crippen LogP contribution in [0.15, 0.2) is 0 Å². The first-order valence-corrected chi connectivity index (χ1v) is 6.17. The van der Waals surface area contributed by atoms with Gasteiger partial charge in [-0.3, -0.25) is 0 Å². The summed E-state index contributed by atoms with van der Waals surface area (Å²) in [6.07, 6.45) is 0.842. The lowest BCUT2D eigenvalue weighted by atomic mass is 10.2. The molecule has 5 heteroatoms. The average molecular weight is 209 g/mol. The van der Waals surface area contributed by atoms with Gasteiger partial charge in [-0.1, -0.05) is 20.3 Å². The number of rotatable bonds is 6. The van der Waals surface area contributed by atoms with Gasteiger partial charge in [0, 0.05) is 6.04 Å². The second-order valence-corrected chi connectivity index (χ2v) is 5.29. The van der Waals surface area contributed by atoms with Crippen molar-refractivity contribution in [2.24, 2.45) is 5.92 Å². The molecule has 0 radical (unpaired) electrons. The fourth-order valence-electron chi connectivity index (χ4n) is 0.884. The van der Waals surface area contributed by atoms with E-state index in [0.717, 1.165) is 6.42 Å². The summed E-state index contributed by atoms with van der Waals surface area (Å²) in [6, 6.07) is -0.394. The number of hydrogen-bond donors (Lipinski definition) is 2. The molecule has 0 aromatic heterocycles. The minimum atomic E-state index is -3.21. The molecule has 0 aliphatic carbocycles. The van der Waals surface area contributed by atoms with Crippen LogP contribution in [0.25, 0.3) is 0 Å². The predicted octanol–water partition coefficient (Wildman–Crippen LogP) is 0.333. The van der Waals surface area contributed by atoms with E-state index in [1.54, 1.807) is 6.92 Å². The van der Waals surface area contributed by atoms with Crippen molar-refractivity contribution in [1.82, 2.24) is 4.72 Å². The van der Waals surface area contributed by atoms with E-state index < -0.39 is 16.1 Å². The van der Waals surface area contributed by atoms with Gasteiger partial charge in [-0.2, -0.15) is 0 Å². The maximum atomic E-state index is 11.3. The molecule has 0 spiro atoms. The summed E-state index contributed by atoms with van der Waals surface area (Å²) in [6.45, 7) is 5.31. The van der Waals surface area contributed by atoms with E-state index in [9.17, 15) is 8.42 Å². The second-order valence-electron chi connectivity index (χ2n) is 3.50. The molecule has 0 heterocycles. The van der Waals surface area contributed by atoms with Crippen molar-refractivity contribution in [3.05, 3.63) is 0 Å². The molecule has 2 N–H and O–H groups in total. The summed E-state index contributed by atoms with van der Waals surface area (Å²) in [5.74, 6) is 0.289. The van der Waals surface area contributed by atoms with Gasteiger partial charge in [0.2, 0.25) is 10.0 Å². The Morgan fingerprint density at radius 2 is 1.92 bits per heavy atom. The number of sulfonamides is 1. The highest BCUT2D eigenvalue weighted by atomic mass is 32.2. The second kappa shape index (κ2) is 5.57. The molecule has 0 amide bonds. The first-order valence-electron chi connectivity index (χ1n) is 4.52. The largest absolute Gasteiger partial charge is 0.395 e. The molecule has 0 fully saturated rings. The molecule has 2 atom stereocenters. The molecule has 0 rings (SSSR count). The predicted molar refractivity (Wildman–Crippen MR) is 52.9 cm³/mol. The Morgan fingerprint density at radius 1 is 1.38 bits per heavy atom. The third-order valence-electron chi connectivity index (χ3n) is 1.86. The van der Waals surface area contributed by atoms with Gasteiger partial charge in [0.05, 0.1) is 12.4 Å². The highest BCUT2D eigenvalue weighted by Crippen LogP contribution is 2.04. The zero-order valence-corrected chi connectivity index (χ0v) is 9.26. The highest BCUT2D eigenvalue weighted by molar-refractivity contribution is 7.89. The van der Waals surface area contributed by atoms with E-state index in [1.165, 1.54) is 0 Å². The number of nitrogens with one attached hydrogen (secondary N) is 1. The minimum Gasteiger partial charge on any atom is -0.395 e. The average Bonchev–Trinajstić information content (AvgIpc) is 2.02. The Morgan fingerprint density at radius 3 is 2.31 bits per heavy atom. The molecule has 0 bridgehead atoms. The Balaban J connectivity index is 4.09. The molecule has 80 valence electrons. The van der Waals surface area contributed by atoms with Crippen LogP contribution >= 0.6 is 0 Å². The zero-order valence-electron chi connectivity index (χ0n) is 8.45. The molecular formula is C8H19NO3S. The molecule has 0 aromatic rings. The van der Waals surface area contributed by atoms with Crippen LogP contribution in [0.4, 0.5) is 0 Å². The fraction of sp³-hybridized carbons (Fsp3) is 1.00. The SMILES string of the molecule is CCC(C)CS(=O)(=O)N[C@H](C)CO. The van der Waals surface area contributed by atoms with Crippen LogP contribution < -0.4 is 4.72 Å². The van der Waals surface area contributed by atoms with Crippen LogP contribution in [0.1, 0.15) is 27.2 Å². The first kappa shape index (κ1) is 12.9. The molecule has 4 nitrogen and oxygen atoms in total. The van der Waals surface area contributed by atoms with E-state index in [-0.39, 0.29) is 18.3 Å². The topological polar surface area (TPSA) is 66.4 Å². The molecule has 0 aliphatic rings. The van der Waals surface area contributed by atoms with Gasteiger partial charge in [-0.15, -0.1) is 0 Å². The van der Waals surface area contributed by atoms with Gasteiger partial charge in [-0.05, 0) is 12.8 Å². The van der Waals surface area contributed by atoms with Gasteiger partial charge in [0.25, 0.3) is 0 Å². The molecule has 0 saturated heterocycles. The van der Waals surface area contributed by atoms with Crippen molar-refractivity contribution in [3.63, 3.8) is 0 Å². The summed E-state index contributed by atoms with van der Waals surface area (Å²) < 4.78 is 25.1. The molecule has 0 aliphatic heterocycles.